The van der Waals surface area contributed by atoms with Gasteiger partial charge in [-0.2, -0.15) is 0 Å². The molecule has 34 heavy (non-hydrogen) atoms. The fourth-order valence-electron chi connectivity index (χ4n) is 4.07. The van der Waals surface area contributed by atoms with Crippen molar-refractivity contribution in [2.24, 2.45) is 0 Å². The van der Waals surface area contributed by atoms with Crippen LogP contribution < -0.4 is 0 Å². The number of rotatable bonds is 11. The average Bonchev–Trinajstić information content (AvgIpc) is 3.49. The first-order valence-electron chi connectivity index (χ1n) is 12.0. The lowest BCUT2D eigenvalue weighted by atomic mass is 10.0. The summed E-state index contributed by atoms with van der Waals surface area (Å²) in [5, 5.41) is 2.35. The average molecular weight is 491 g/mol. The van der Waals surface area contributed by atoms with Gasteiger partial charge in [0.15, 0.2) is 0 Å². The third-order valence-corrected chi connectivity index (χ3v) is 7.86. The molecular formula is C28H34N4S2. The molecule has 6 heteroatoms. The van der Waals surface area contributed by atoms with E-state index in [9.17, 15) is 0 Å². The summed E-state index contributed by atoms with van der Waals surface area (Å²) >= 11 is 3.58. The summed E-state index contributed by atoms with van der Waals surface area (Å²) in [5.41, 5.74) is 4.92. The first-order chi connectivity index (χ1) is 16.6. The fourth-order valence-corrected chi connectivity index (χ4v) is 6.08. The minimum absolute atomic E-state index is 0.916. The Labute approximate surface area is 211 Å². The van der Waals surface area contributed by atoms with E-state index in [2.05, 4.69) is 96.2 Å². The van der Waals surface area contributed by atoms with Crippen LogP contribution in [0.1, 0.15) is 36.7 Å². The first kappa shape index (κ1) is 24.7. The van der Waals surface area contributed by atoms with E-state index in [1.165, 1.54) is 54.9 Å². The van der Waals surface area contributed by atoms with Gasteiger partial charge >= 0.3 is 0 Å². The van der Waals surface area contributed by atoms with Crippen LogP contribution in [-0.2, 0) is 13.1 Å². The van der Waals surface area contributed by atoms with E-state index in [4.69, 9.17) is 0 Å². The lowest BCUT2D eigenvalue weighted by molar-refractivity contribution is 0.327. The molecule has 2 aromatic carbocycles. The van der Waals surface area contributed by atoms with Crippen molar-refractivity contribution in [3.8, 4) is 32.0 Å². The molecule has 0 saturated heterocycles. The monoisotopic (exact) mass is 490 g/mol. The van der Waals surface area contributed by atoms with Crippen molar-refractivity contribution in [1.29, 1.82) is 0 Å². The van der Waals surface area contributed by atoms with Crippen molar-refractivity contribution in [1.82, 2.24) is 19.8 Å². The zero-order chi connectivity index (χ0) is 23.9. The normalized spacial score (nSPS) is 11.6. The predicted molar refractivity (Wildman–Crippen MR) is 147 cm³/mol. The lowest BCUT2D eigenvalue weighted by Gasteiger charge is -2.12. The van der Waals surface area contributed by atoms with Crippen LogP contribution in [0.25, 0.3) is 32.0 Å². The predicted octanol–water partition coefficient (Wildman–Crippen LogP) is 7.28. The molecule has 2 heterocycles. The molecule has 0 saturated carbocycles. The minimum atomic E-state index is 0.916. The van der Waals surface area contributed by atoms with Crippen LogP contribution in [0.15, 0.2) is 60.9 Å². The van der Waals surface area contributed by atoms with E-state index in [1.54, 1.807) is 22.7 Å². The number of hydrogen-bond acceptors (Lipinski definition) is 6. The molecule has 2 aromatic heterocycles. The van der Waals surface area contributed by atoms with Gasteiger partial charge in [0.05, 0.1) is 22.8 Å². The standard InChI is InChI=1S/C28H34N4S2/c1-5-15-31(3)19-27-29-17-25(33-27)23-11-7-21(8-12-23)22-9-13-24(14-10-22)26-18-30-28(34-26)20-32(4)16-6-2/h7-14,17-18H,5-6,15-16,19-20H2,1-4H3. The molecule has 0 fully saturated rings. The summed E-state index contributed by atoms with van der Waals surface area (Å²) in [6.45, 7) is 8.45. The highest BCUT2D eigenvalue weighted by Crippen LogP contribution is 2.31. The van der Waals surface area contributed by atoms with Gasteiger partial charge in [0, 0.05) is 12.4 Å². The number of benzene rings is 2. The second kappa shape index (κ2) is 11.8. The summed E-state index contributed by atoms with van der Waals surface area (Å²) in [6, 6.07) is 17.7. The molecule has 4 nitrogen and oxygen atoms in total. The highest BCUT2D eigenvalue weighted by molar-refractivity contribution is 7.15. The van der Waals surface area contributed by atoms with E-state index < -0.39 is 0 Å². The van der Waals surface area contributed by atoms with Gasteiger partial charge in [-0.05, 0) is 62.3 Å². The highest BCUT2D eigenvalue weighted by Gasteiger charge is 2.09. The molecule has 4 rings (SSSR count). The largest absolute Gasteiger partial charge is 0.300 e. The minimum Gasteiger partial charge on any atom is -0.300 e. The highest BCUT2D eigenvalue weighted by atomic mass is 32.1. The molecular weight excluding hydrogens is 456 g/mol. The molecule has 0 radical (unpaired) electrons. The quantitative estimate of drug-likeness (QED) is 0.221. The zero-order valence-electron chi connectivity index (χ0n) is 20.6. The fraction of sp³-hybridized carbons (Fsp3) is 0.357. The van der Waals surface area contributed by atoms with E-state index in [0.29, 0.717) is 0 Å². The third kappa shape index (κ3) is 6.39. The van der Waals surface area contributed by atoms with Crippen molar-refractivity contribution in [2.45, 2.75) is 39.8 Å². The molecule has 0 N–H and O–H groups in total. The molecule has 178 valence electrons. The second-order valence-electron chi connectivity index (χ2n) is 8.87. The van der Waals surface area contributed by atoms with Crippen LogP contribution in [0.4, 0.5) is 0 Å². The van der Waals surface area contributed by atoms with Gasteiger partial charge in [-0.3, -0.25) is 9.80 Å². The Morgan fingerprint density at radius 2 is 0.941 bits per heavy atom. The summed E-state index contributed by atoms with van der Waals surface area (Å²) in [6.07, 6.45) is 6.35. The van der Waals surface area contributed by atoms with Crippen LogP contribution in [-0.4, -0.2) is 47.0 Å². The maximum Gasteiger partial charge on any atom is 0.107 e. The maximum atomic E-state index is 4.63. The molecule has 0 aliphatic carbocycles. The summed E-state index contributed by atoms with van der Waals surface area (Å²) in [5.74, 6) is 0. The van der Waals surface area contributed by atoms with Crippen LogP contribution in [0.2, 0.25) is 0 Å². The molecule has 4 aromatic rings. The first-order valence-corrected chi connectivity index (χ1v) is 13.7. The third-order valence-electron chi connectivity index (χ3n) is 5.80. The summed E-state index contributed by atoms with van der Waals surface area (Å²) < 4.78 is 0. The van der Waals surface area contributed by atoms with Crippen LogP contribution in [0, 0.1) is 0 Å². The van der Waals surface area contributed by atoms with Crippen LogP contribution in [0.5, 0.6) is 0 Å². The van der Waals surface area contributed by atoms with Gasteiger partial charge in [0.2, 0.25) is 0 Å². The molecule has 0 amide bonds. The van der Waals surface area contributed by atoms with E-state index in [-0.39, 0.29) is 0 Å². The van der Waals surface area contributed by atoms with E-state index in [1.807, 2.05) is 12.4 Å². The van der Waals surface area contributed by atoms with Crippen molar-refractivity contribution in [3.05, 3.63) is 70.9 Å². The summed E-state index contributed by atoms with van der Waals surface area (Å²) in [7, 11) is 4.31. The van der Waals surface area contributed by atoms with Crippen molar-refractivity contribution in [3.63, 3.8) is 0 Å². The molecule has 0 spiro atoms. The Bertz CT molecular complexity index is 1070. The molecule has 0 bridgehead atoms. The van der Waals surface area contributed by atoms with Gasteiger partial charge in [-0.1, -0.05) is 62.4 Å². The van der Waals surface area contributed by atoms with Crippen molar-refractivity contribution >= 4 is 22.7 Å². The zero-order valence-corrected chi connectivity index (χ0v) is 22.3. The Morgan fingerprint density at radius 1 is 0.588 bits per heavy atom. The van der Waals surface area contributed by atoms with Gasteiger partial charge in [0.25, 0.3) is 0 Å². The molecule has 0 atom stereocenters. The molecule has 0 unspecified atom stereocenters. The Morgan fingerprint density at radius 3 is 1.29 bits per heavy atom. The number of thiazole rings is 2. The van der Waals surface area contributed by atoms with Gasteiger partial charge in [-0.25, -0.2) is 9.97 Å². The molecule has 0 aliphatic heterocycles. The van der Waals surface area contributed by atoms with Crippen LogP contribution >= 0.6 is 22.7 Å². The Hall–Kier alpha value is -2.38. The Kier molecular flexibility index (Phi) is 8.62. The van der Waals surface area contributed by atoms with Gasteiger partial charge in [0.1, 0.15) is 10.0 Å². The smallest absolute Gasteiger partial charge is 0.107 e. The number of aromatic nitrogens is 2. The maximum absolute atomic E-state index is 4.63. The number of hydrogen-bond donors (Lipinski definition) is 0. The second-order valence-corrected chi connectivity index (χ2v) is 11.1. The van der Waals surface area contributed by atoms with Crippen molar-refractivity contribution in [2.75, 3.05) is 27.2 Å². The van der Waals surface area contributed by atoms with E-state index >= 15 is 0 Å². The van der Waals surface area contributed by atoms with E-state index in [0.717, 1.165) is 26.2 Å². The SMILES string of the molecule is CCCN(C)Cc1ncc(-c2ccc(-c3ccc(-c4cnc(CN(C)CCC)s4)cc3)cc2)s1. The van der Waals surface area contributed by atoms with Crippen molar-refractivity contribution < 1.29 is 0 Å². The van der Waals surface area contributed by atoms with Gasteiger partial charge in [-0.15, -0.1) is 22.7 Å². The van der Waals surface area contributed by atoms with Gasteiger partial charge < -0.3 is 0 Å². The Balaban J connectivity index is 1.41. The lowest BCUT2D eigenvalue weighted by Crippen LogP contribution is -2.18. The topological polar surface area (TPSA) is 32.3 Å². The number of nitrogens with zero attached hydrogens (tertiary/aromatic N) is 4. The summed E-state index contributed by atoms with van der Waals surface area (Å²) in [4.78, 5) is 16.4. The van der Waals surface area contributed by atoms with Crippen LogP contribution in [0.3, 0.4) is 0 Å². The molecule has 0 aliphatic rings.